The van der Waals surface area contributed by atoms with Gasteiger partial charge in [-0.3, -0.25) is 0 Å². The van der Waals surface area contributed by atoms with Gasteiger partial charge in [0.25, 0.3) is 5.79 Å². The molecule has 0 spiro atoms. The van der Waals surface area contributed by atoms with Crippen LogP contribution in [0.5, 0.6) is 0 Å². The van der Waals surface area contributed by atoms with Crippen LogP contribution < -0.4 is 5.32 Å². The van der Waals surface area contributed by atoms with Crippen molar-refractivity contribution in [3.8, 4) is 0 Å². The van der Waals surface area contributed by atoms with Crippen molar-refractivity contribution >= 4 is 16.5 Å². The highest BCUT2D eigenvalue weighted by Crippen LogP contribution is 2.49. The molecule has 0 aromatic carbocycles. The van der Waals surface area contributed by atoms with Crippen LogP contribution in [0.3, 0.4) is 0 Å². The first kappa shape index (κ1) is 13.4. The minimum atomic E-state index is -2.86. The number of hydrogen-bond acceptors (Lipinski definition) is 5. The van der Waals surface area contributed by atoms with Gasteiger partial charge in [0.2, 0.25) is 0 Å². The van der Waals surface area contributed by atoms with E-state index >= 15 is 0 Å². The zero-order chi connectivity index (χ0) is 12.5. The van der Waals surface area contributed by atoms with Crippen LogP contribution in [0, 0.1) is 5.92 Å². The Labute approximate surface area is 100 Å². The van der Waals surface area contributed by atoms with E-state index in [9.17, 15) is 9.13 Å². The number of piperidine rings is 1. The van der Waals surface area contributed by atoms with E-state index in [1.807, 2.05) is 0 Å². The Balaban J connectivity index is 2.11. The van der Waals surface area contributed by atoms with Crippen LogP contribution >= 0.6 is 16.5 Å². The molecule has 1 heterocycles. The van der Waals surface area contributed by atoms with E-state index in [0.717, 1.165) is 19.4 Å². The van der Waals surface area contributed by atoms with Gasteiger partial charge in [0, 0.05) is 28.0 Å². The van der Waals surface area contributed by atoms with Gasteiger partial charge in [0.05, 0.1) is 0 Å². The van der Waals surface area contributed by atoms with Gasteiger partial charge in [-0.25, -0.2) is 0 Å². The van der Waals surface area contributed by atoms with Crippen LogP contribution in [0.25, 0.3) is 0 Å². The van der Waals surface area contributed by atoms with Crippen molar-refractivity contribution in [2.24, 2.45) is 5.92 Å². The van der Waals surface area contributed by atoms with Crippen molar-refractivity contribution in [1.29, 1.82) is 0 Å². The summed E-state index contributed by atoms with van der Waals surface area (Å²) in [5, 5.41) is 3.27. The van der Waals surface area contributed by atoms with Crippen molar-refractivity contribution < 1.29 is 28.0 Å². The fourth-order valence-corrected chi connectivity index (χ4v) is 3.77. The van der Waals surface area contributed by atoms with Gasteiger partial charge in [-0.15, -0.1) is 9.79 Å². The predicted octanol–water partition coefficient (Wildman–Crippen LogP) is 1.18. The molecule has 4 atom stereocenters. The Hall–Kier alpha value is -0.0000000000000000416. The summed E-state index contributed by atoms with van der Waals surface area (Å²) in [6.07, 6.45) is 2.68. The summed E-state index contributed by atoms with van der Waals surface area (Å²) in [5.74, 6) is -1.15. The first-order valence-corrected chi connectivity index (χ1v) is 7.71. The summed E-state index contributed by atoms with van der Waals surface area (Å²) in [5.41, 5.74) is 0. The molecule has 0 amide bonds. The van der Waals surface area contributed by atoms with E-state index in [1.54, 1.807) is 0 Å². The lowest BCUT2D eigenvalue weighted by molar-refractivity contribution is -0.112. The van der Waals surface area contributed by atoms with Gasteiger partial charge in [-0.05, 0) is 25.3 Å². The van der Waals surface area contributed by atoms with E-state index < -0.39 is 22.3 Å². The summed E-state index contributed by atoms with van der Waals surface area (Å²) < 4.78 is 31.3. The van der Waals surface area contributed by atoms with Crippen LogP contribution in [-0.2, 0) is 18.2 Å². The molecule has 2 aliphatic rings. The summed E-state index contributed by atoms with van der Waals surface area (Å²) in [4.78, 5) is 17.7. The molecule has 1 saturated carbocycles. The third-order valence-electron chi connectivity index (χ3n) is 3.32. The zero-order valence-electron chi connectivity index (χ0n) is 9.11. The largest absolute Gasteiger partial charge is 0.697 e. The number of fused-ring (bicyclic) bond motifs is 1. The predicted molar refractivity (Wildman–Crippen MR) is 58.3 cm³/mol. The zero-order valence-corrected chi connectivity index (χ0v) is 10.9. The molecule has 17 heavy (non-hydrogen) atoms. The van der Waals surface area contributed by atoms with Crippen molar-refractivity contribution in [3.05, 3.63) is 0 Å². The molecule has 0 aromatic heterocycles. The molecule has 0 aromatic rings. The van der Waals surface area contributed by atoms with E-state index in [1.165, 1.54) is 0 Å². The Morgan fingerprint density at radius 1 is 1.18 bits per heavy atom. The standard InChI is InChI=1S/C8H13NO6P2/c10-16(11)14-8(15-17(12)13)4-6-2-1-3-9-7(6)5-8/h6-7,9H,1-5H2/p+2/t6-,7+/m1/s1. The lowest BCUT2D eigenvalue weighted by Crippen LogP contribution is -2.38. The summed E-state index contributed by atoms with van der Waals surface area (Å²) >= 11 is 0. The third-order valence-corrected chi connectivity index (χ3v) is 4.30. The molecular weight excluding hydrogens is 268 g/mol. The maximum absolute atomic E-state index is 10.8. The van der Waals surface area contributed by atoms with Crippen LogP contribution in [-0.4, -0.2) is 28.2 Å². The quantitative estimate of drug-likeness (QED) is 0.525. The molecule has 7 nitrogen and oxygen atoms in total. The Kier molecular flexibility index (Phi) is 4.21. The second kappa shape index (κ2) is 5.33. The van der Waals surface area contributed by atoms with Crippen molar-refractivity contribution in [1.82, 2.24) is 5.32 Å². The Morgan fingerprint density at radius 2 is 1.82 bits per heavy atom. The fourth-order valence-electron chi connectivity index (χ4n) is 2.77. The van der Waals surface area contributed by atoms with Gasteiger partial charge in [0.15, 0.2) is 0 Å². The topological polar surface area (TPSA) is 105 Å². The summed E-state index contributed by atoms with van der Waals surface area (Å²) in [7, 11) is -5.72. The highest BCUT2D eigenvalue weighted by atomic mass is 31.1. The third kappa shape index (κ3) is 3.26. The summed E-state index contributed by atoms with van der Waals surface area (Å²) in [6.45, 7) is 0.883. The van der Waals surface area contributed by atoms with E-state index in [0.29, 0.717) is 12.8 Å². The fraction of sp³-hybridized carbons (Fsp3) is 1.00. The molecule has 9 heteroatoms. The van der Waals surface area contributed by atoms with Crippen molar-refractivity contribution in [2.45, 2.75) is 37.5 Å². The van der Waals surface area contributed by atoms with E-state index in [4.69, 9.17) is 18.8 Å². The molecule has 0 bridgehead atoms. The van der Waals surface area contributed by atoms with Gasteiger partial charge in [-0.1, -0.05) is 9.05 Å². The first-order valence-electron chi connectivity index (χ1n) is 5.45. The highest BCUT2D eigenvalue weighted by molar-refractivity contribution is 7.33. The number of hydrogen-bond donors (Lipinski definition) is 3. The smallest absolute Gasteiger partial charge is 0.313 e. The molecule has 2 unspecified atom stereocenters. The molecular formula is C8H15NO6P2+2. The lowest BCUT2D eigenvalue weighted by Gasteiger charge is -2.25. The SMILES string of the molecule is O=[P+](O)OC1(O[P+](=O)O)C[C@H]2CCCN[C@H]2C1. The molecule has 96 valence electrons. The maximum atomic E-state index is 10.8. The second-order valence-electron chi connectivity index (χ2n) is 4.44. The Morgan fingerprint density at radius 3 is 2.35 bits per heavy atom. The average Bonchev–Trinajstić information content (AvgIpc) is 2.52. The lowest BCUT2D eigenvalue weighted by atomic mass is 9.94. The number of nitrogens with one attached hydrogen (secondary N) is 1. The first-order chi connectivity index (χ1) is 8.01. The average molecular weight is 283 g/mol. The van der Waals surface area contributed by atoms with E-state index in [2.05, 4.69) is 5.32 Å². The monoisotopic (exact) mass is 283 g/mol. The molecule has 0 radical (unpaired) electrons. The Bertz CT molecular complexity index is 306. The molecule has 1 aliphatic heterocycles. The van der Waals surface area contributed by atoms with Crippen molar-refractivity contribution in [2.75, 3.05) is 6.54 Å². The number of rotatable bonds is 4. The van der Waals surface area contributed by atoms with Crippen LogP contribution in [0.15, 0.2) is 0 Å². The molecule has 2 fully saturated rings. The molecule has 1 saturated heterocycles. The van der Waals surface area contributed by atoms with Crippen LogP contribution in [0.4, 0.5) is 0 Å². The van der Waals surface area contributed by atoms with Crippen LogP contribution in [0.2, 0.25) is 0 Å². The van der Waals surface area contributed by atoms with Gasteiger partial charge in [0.1, 0.15) is 0 Å². The van der Waals surface area contributed by atoms with Gasteiger partial charge >= 0.3 is 16.5 Å². The molecule has 2 rings (SSSR count). The van der Waals surface area contributed by atoms with Gasteiger partial charge < -0.3 is 5.32 Å². The molecule has 1 aliphatic carbocycles. The van der Waals surface area contributed by atoms with Crippen molar-refractivity contribution in [3.63, 3.8) is 0 Å². The van der Waals surface area contributed by atoms with E-state index in [-0.39, 0.29) is 12.0 Å². The van der Waals surface area contributed by atoms with Gasteiger partial charge in [-0.2, -0.15) is 0 Å². The minimum absolute atomic E-state index is 0.119. The second-order valence-corrected chi connectivity index (χ2v) is 5.76. The minimum Gasteiger partial charge on any atom is -0.313 e. The highest BCUT2D eigenvalue weighted by Gasteiger charge is 2.58. The normalized spacial score (nSPS) is 38.7. The van der Waals surface area contributed by atoms with Crippen LogP contribution in [0.1, 0.15) is 25.7 Å². The molecule has 3 N–H and O–H groups in total. The summed E-state index contributed by atoms with van der Waals surface area (Å²) in [6, 6.07) is 0.119. The maximum Gasteiger partial charge on any atom is 0.697 e.